The van der Waals surface area contributed by atoms with Gasteiger partial charge >= 0.3 is 0 Å². The molecule has 2 aromatic carbocycles. The standard InChI is InChI=1S/C24H20N4O2S3/c1-14-9-11-17(12-10-14)28-20-19(33-24(28)31)22(29)27(3)23(26-20)32-13-18-15(2)30-21(25-18)16-7-5-4-6-8-16/h4-12H,13H2,1-3H3. The number of hydrogen-bond acceptors (Lipinski definition) is 7. The maximum atomic E-state index is 13.1. The topological polar surface area (TPSA) is 65.8 Å². The number of nitrogens with zero attached hydrogens (tertiary/aromatic N) is 4. The Morgan fingerprint density at radius 3 is 2.52 bits per heavy atom. The van der Waals surface area contributed by atoms with E-state index in [0.29, 0.717) is 31.1 Å². The minimum absolute atomic E-state index is 0.105. The largest absolute Gasteiger partial charge is 0.441 e. The van der Waals surface area contributed by atoms with Crippen molar-refractivity contribution >= 4 is 45.7 Å². The summed E-state index contributed by atoms with van der Waals surface area (Å²) < 4.78 is 10.5. The molecule has 166 valence electrons. The van der Waals surface area contributed by atoms with Crippen LogP contribution in [0.25, 0.3) is 27.5 Å². The second kappa shape index (κ2) is 8.74. The maximum absolute atomic E-state index is 13.1. The van der Waals surface area contributed by atoms with Crippen LogP contribution in [-0.2, 0) is 12.8 Å². The summed E-state index contributed by atoms with van der Waals surface area (Å²) in [4.78, 5) is 22.6. The lowest BCUT2D eigenvalue weighted by molar-refractivity contribution is 0.540. The molecule has 3 aromatic heterocycles. The number of hydrogen-bond donors (Lipinski definition) is 0. The molecular weight excluding hydrogens is 472 g/mol. The number of fused-ring (bicyclic) bond motifs is 1. The van der Waals surface area contributed by atoms with Gasteiger partial charge in [-0.2, -0.15) is 0 Å². The molecule has 5 aromatic rings. The number of aromatic nitrogens is 4. The van der Waals surface area contributed by atoms with Crippen molar-refractivity contribution in [1.29, 1.82) is 0 Å². The number of thioether (sulfide) groups is 1. The van der Waals surface area contributed by atoms with Gasteiger partial charge in [-0.3, -0.25) is 13.9 Å². The van der Waals surface area contributed by atoms with E-state index in [1.165, 1.54) is 23.1 Å². The van der Waals surface area contributed by atoms with Crippen molar-refractivity contribution in [3.63, 3.8) is 0 Å². The van der Waals surface area contributed by atoms with Crippen LogP contribution in [0.1, 0.15) is 17.0 Å². The van der Waals surface area contributed by atoms with Gasteiger partial charge in [0.1, 0.15) is 10.5 Å². The molecule has 33 heavy (non-hydrogen) atoms. The molecule has 0 bridgehead atoms. The van der Waals surface area contributed by atoms with Gasteiger partial charge in [-0.25, -0.2) is 9.97 Å². The van der Waals surface area contributed by atoms with Crippen molar-refractivity contribution in [2.75, 3.05) is 0 Å². The van der Waals surface area contributed by atoms with E-state index in [9.17, 15) is 4.79 Å². The SMILES string of the molecule is Cc1ccc(-n2c(=S)sc3c(=O)n(C)c(SCc4nc(-c5ccccc5)oc4C)nc32)cc1. The predicted molar refractivity (Wildman–Crippen MR) is 136 cm³/mol. The first kappa shape index (κ1) is 21.8. The summed E-state index contributed by atoms with van der Waals surface area (Å²) in [6.45, 7) is 3.94. The van der Waals surface area contributed by atoms with Gasteiger partial charge < -0.3 is 4.42 Å². The molecule has 0 aliphatic heterocycles. The quantitative estimate of drug-likeness (QED) is 0.168. The van der Waals surface area contributed by atoms with Gasteiger partial charge in [0.2, 0.25) is 5.89 Å². The zero-order valence-corrected chi connectivity index (χ0v) is 20.7. The Kier molecular flexibility index (Phi) is 5.77. The highest BCUT2D eigenvalue weighted by atomic mass is 32.2. The van der Waals surface area contributed by atoms with Gasteiger partial charge in [0.25, 0.3) is 5.56 Å². The summed E-state index contributed by atoms with van der Waals surface area (Å²) in [6.07, 6.45) is 0. The molecule has 5 rings (SSSR count). The van der Waals surface area contributed by atoms with E-state index < -0.39 is 0 Å². The molecule has 0 aliphatic carbocycles. The third kappa shape index (κ3) is 4.07. The summed E-state index contributed by atoms with van der Waals surface area (Å²) in [5.41, 5.74) is 4.29. The average Bonchev–Trinajstić information content (AvgIpc) is 3.36. The fraction of sp³-hybridized carbons (Fsp3) is 0.167. The van der Waals surface area contributed by atoms with Crippen LogP contribution < -0.4 is 5.56 Å². The summed E-state index contributed by atoms with van der Waals surface area (Å²) in [7, 11) is 1.74. The highest BCUT2D eigenvalue weighted by Crippen LogP contribution is 2.29. The molecular formula is C24H20N4O2S3. The van der Waals surface area contributed by atoms with Crippen LogP contribution in [0.15, 0.2) is 69.0 Å². The first-order chi connectivity index (χ1) is 15.9. The fourth-order valence-corrected chi connectivity index (χ4v) is 5.77. The maximum Gasteiger partial charge on any atom is 0.273 e. The van der Waals surface area contributed by atoms with Gasteiger partial charge in [-0.15, -0.1) is 0 Å². The Balaban J connectivity index is 1.52. The Morgan fingerprint density at radius 1 is 1.06 bits per heavy atom. The van der Waals surface area contributed by atoms with Crippen LogP contribution >= 0.6 is 35.3 Å². The molecule has 0 unspecified atom stereocenters. The van der Waals surface area contributed by atoms with Crippen molar-refractivity contribution in [2.45, 2.75) is 24.8 Å². The summed E-state index contributed by atoms with van der Waals surface area (Å²) >= 11 is 8.33. The Hall–Kier alpha value is -3.01. The van der Waals surface area contributed by atoms with Crippen molar-refractivity contribution in [3.8, 4) is 17.1 Å². The Bertz CT molecular complexity index is 1580. The lowest BCUT2D eigenvalue weighted by Crippen LogP contribution is -2.19. The molecule has 0 amide bonds. The molecule has 3 heterocycles. The van der Waals surface area contributed by atoms with E-state index in [0.717, 1.165) is 28.3 Å². The van der Waals surface area contributed by atoms with Gasteiger partial charge in [0, 0.05) is 24.1 Å². The van der Waals surface area contributed by atoms with Crippen molar-refractivity contribution in [2.24, 2.45) is 7.05 Å². The van der Waals surface area contributed by atoms with Gasteiger partial charge in [0.05, 0.1) is 5.69 Å². The monoisotopic (exact) mass is 492 g/mol. The Morgan fingerprint density at radius 2 is 1.79 bits per heavy atom. The van der Waals surface area contributed by atoms with Crippen LogP contribution in [0.3, 0.4) is 0 Å². The van der Waals surface area contributed by atoms with E-state index in [1.807, 2.05) is 73.0 Å². The minimum Gasteiger partial charge on any atom is -0.441 e. The fourth-order valence-electron chi connectivity index (χ4n) is 3.46. The van der Waals surface area contributed by atoms with Gasteiger partial charge in [0.15, 0.2) is 14.8 Å². The van der Waals surface area contributed by atoms with E-state index in [4.69, 9.17) is 21.6 Å². The number of oxazole rings is 1. The molecule has 0 aliphatic rings. The molecule has 0 saturated carbocycles. The highest BCUT2D eigenvalue weighted by molar-refractivity contribution is 7.98. The smallest absolute Gasteiger partial charge is 0.273 e. The molecule has 0 N–H and O–H groups in total. The Labute approximate surface area is 203 Å². The van der Waals surface area contributed by atoms with E-state index >= 15 is 0 Å². The molecule has 9 heteroatoms. The molecule has 0 radical (unpaired) electrons. The van der Waals surface area contributed by atoms with Gasteiger partial charge in [-0.05, 0) is 50.3 Å². The lowest BCUT2D eigenvalue weighted by atomic mass is 10.2. The third-order valence-corrected chi connectivity index (χ3v) is 7.71. The van der Waals surface area contributed by atoms with E-state index in [-0.39, 0.29) is 5.56 Å². The molecule has 0 fully saturated rings. The number of aryl methyl sites for hydroxylation is 2. The van der Waals surface area contributed by atoms with Crippen LogP contribution in [0.2, 0.25) is 0 Å². The third-order valence-electron chi connectivity index (χ3n) is 5.32. The van der Waals surface area contributed by atoms with Gasteiger partial charge in [-0.1, -0.05) is 59.0 Å². The molecule has 0 spiro atoms. The molecule has 0 saturated heterocycles. The second-order valence-corrected chi connectivity index (χ2v) is 10.2. The number of rotatable bonds is 5. The van der Waals surface area contributed by atoms with Crippen molar-refractivity contribution in [3.05, 3.63) is 85.9 Å². The summed E-state index contributed by atoms with van der Waals surface area (Å²) in [5, 5.41) is 0.602. The normalized spacial score (nSPS) is 11.4. The van der Waals surface area contributed by atoms with Crippen LogP contribution in [0, 0.1) is 17.8 Å². The summed E-state index contributed by atoms with van der Waals surface area (Å²) in [6, 6.07) is 17.8. The van der Waals surface area contributed by atoms with E-state index in [2.05, 4.69) is 4.98 Å². The molecule has 6 nitrogen and oxygen atoms in total. The average molecular weight is 493 g/mol. The van der Waals surface area contributed by atoms with Crippen LogP contribution in [0.5, 0.6) is 0 Å². The number of thiazole rings is 1. The zero-order chi connectivity index (χ0) is 23.1. The van der Waals surface area contributed by atoms with Crippen LogP contribution in [0.4, 0.5) is 0 Å². The first-order valence-corrected chi connectivity index (χ1v) is 12.5. The van der Waals surface area contributed by atoms with E-state index in [1.54, 1.807) is 11.6 Å². The zero-order valence-electron chi connectivity index (χ0n) is 18.2. The number of benzene rings is 2. The minimum atomic E-state index is -0.105. The van der Waals surface area contributed by atoms with Crippen molar-refractivity contribution in [1.82, 2.24) is 19.1 Å². The second-order valence-electron chi connectivity index (χ2n) is 7.63. The predicted octanol–water partition coefficient (Wildman–Crippen LogP) is 6.08. The lowest BCUT2D eigenvalue weighted by Gasteiger charge is -2.09. The highest BCUT2D eigenvalue weighted by Gasteiger charge is 2.18. The first-order valence-electron chi connectivity index (χ1n) is 10.3. The van der Waals surface area contributed by atoms with Crippen LogP contribution in [-0.4, -0.2) is 19.1 Å². The molecule has 0 atom stereocenters. The summed E-state index contributed by atoms with van der Waals surface area (Å²) in [5.74, 6) is 1.88. The van der Waals surface area contributed by atoms with Crippen molar-refractivity contribution < 1.29 is 4.42 Å².